The molecule has 106 valence electrons. The van der Waals surface area contributed by atoms with Gasteiger partial charge in [-0.05, 0) is 12.1 Å². The van der Waals surface area contributed by atoms with E-state index in [0.717, 1.165) is 0 Å². The van der Waals surface area contributed by atoms with E-state index >= 15 is 0 Å². The van der Waals surface area contributed by atoms with Gasteiger partial charge in [0.25, 0.3) is 27.8 Å². The highest BCUT2D eigenvalue weighted by Crippen LogP contribution is 2.22. The summed E-state index contributed by atoms with van der Waals surface area (Å²) < 4.78 is 30.0. The zero-order valence-electron chi connectivity index (χ0n) is 10.0. The molecule has 9 heteroatoms. The van der Waals surface area contributed by atoms with Crippen molar-refractivity contribution >= 4 is 27.8 Å². The van der Waals surface area contributed by atoms with Crippen LogP contribution in [0.4, 0.5) is 0 Å². The predicted molar refractivity (Wildman–Crippen MR) is 66.3 cm³/mol. The van der Waals surface area contributed by atoms with Crippen molar-refractivity contribution in [3.63, 3.8) is 0 Å². The molecule has 8 nitrogen and oxygen atoms in total. The summed E-state index contributed by atoms with van der Waals surface area (Å²) in [5.41, 5.74) is 5.40. The van der Waals surface area contributed by atoms with Gasteiger partial charge >= 0.3 is 0 Å². The molecule has 3 N–H and O–H groups in total. The fraction of sp³-hybridized carbons (Fsp3) is 0.182. The molecule has 2 rings (SSSR count). The van der Waals surface area contributed by atoms with Crippen molar-refractivity contribution in [2.75, 3.05) is 5.75 Å². The molecule has 0 aliphatic carbocycles. The van der Waals surface area contributed by atoms with Crippen molar-refractivity contribution in [3.05, 3.63) is 35.4 Å². The average molecular weight is 298 g/mol. The molecule has 0 spiro atoms. The minimum absolute atomic E-state index is 0.0462. The Hall–Kier alpha value is -2.10. The Morgan fingerprint density at radius 3 is 2.05 bits per heavy atom. The molecule has 1 aromatic carbocycles. The zero-order chi connectivity index (χ0) is 15.1. The first-order valence-electron chi connectivity index (χ1n) is 5.45. The molecule has 0 radical (unpaired) electrons. The van der Waals surface area contributed by atoms with Crippen LogP contribution in [0.1, 0.15) is 20.7 Å². The lowest BCUT2D eigenvalue weighted by Crippen LogP contribution is -2.49. The fourth-order valence-electron chi connectivity index (χ4n) is 1.85. The van der Waals surface area contributed by atoms with E-state index in [0.29, 0.717) is 4.90 Å². The lowest BCUT2D eigenvalue weighted by Gasteiger charge is -2.16. The number of carbonyl (C=O) groups is 3. The van der Waals surface area contributed by atoms with Crippen molar-refractivity contribution in [2.24, 2.45) is 5.73 Å². The van der Waals surface area contributed by atoms with Gasteiger partial charge in [-0.15, -0.1) is 0 Å². The average Bonchev–Trinajstić information content (AvgIpc) is 2.60. The van der Waals surface area contributed by atoms with Crippen molar-refractivity contribution < 1.29 is 27.4 Å². The molecular weight excluding hydrogens is 288 g/mol. The van der Waals surface area contributed by atoms with Crippen molar-refractivity contribution in [1.29, 1.82) is 0 Å². The lowest BCUT2D eigenvalue weighted by molar-refractivity contribution is -0.127. The van der Waals surface area contributed by atoms with Gasteiger partial charge in [0.15, 0.2) is 0 Å². The monoisotopic (exact) mass is 298 g/mol. The van der Waals surface area contributed by atoms with Crippen molar-refractivity contribution in [2.45, 2.75) is 6.04 Å². The molecule has 0 fully saturated rings. The summed E-state index contributed by atoms with van der Waals surface area (Å²) in [5.74, 6) is -3.96. The number of fused-ring (bicyclic) bond motifs is 1. The Balaban J connectivity index is 2.30. The molecule has 1 aliphatic rings. The summed E-state index contributed by atoms with van der Waals surface area (Å²) in [6, 6.07) is 4.09. The first kappa shape index (κ1) is 14.3. The van der Waals surface area contributed by atoms with E-state index in [4.69, 9.17) is 10.3 Å². The Bertz CT molecular complexity index is 676. The van der Waals surface area contributed by atoms with E-state index < -0.39 is 39.6 Å². The normalized spacial score (nSPS) is 16.2. The zero-order valence-corrected chi connectivity index (χ0v) is 10.8. The van der Waals surface area contributed by atoms with Gasteiger partial charge in [0, 0.05) is 0 Å². The number of nitrogens with two attached hydrogens (primary N) is 1. The van der Waals surface area contributed by atoms with Gasteiger partial charge in [0.2, 0.25) is 0 Å². The van der Waals surface area contributed by atoms with Gasteiger partial charge in [-0.2, -0.15) is 8.42 Å². The molecule has 0 saturated heterocycles. The second-order valence-electron chi connectivity index (χ2n) is 4.18. The third-order valence-corrected chi connectivity index (χ3v) is 3.50. The van der Waals surface area contributed by atoms with Crippen LogP contribution in [-0.2, 0) is 14.9 Å². The maximum Gasteiger partial charge on any atom is 0.268 e. The van der Waals surface area contributed by atoms with Crippen LogP contribution in [-0.4, -0.2) is 47.4 Å². The van der Waals surface area contributed by atoms with E-state index in [1.807, 2.05) is 0 Å². The number of benzene rings is 1. The highest BCUT2D eigenvalue weighted by atomic mass is 32.2. The molecule has 20 heavy (non-hydrogen) atoms. The maximum absolute atomic E-state index is 11.9. The number of amides is 3. The Kier molecular flexibility index (Phi) is 3.42. The highest BCUT2D eigenvalue weighted by Gasteiger charge is 2.42. The molecule has 1 heterocycles. The molecule has 0 bridgehead atoms. The van der Waals surface area contributed by atoms with E-state index in [-0.39, 0.29) is 11.1 Å². The molecule has 1 unspecified atom stereocenters. The van der Waals surface area contributed by atoms with Crippen LogP contribution in [0.5, 0.6) is 0 Å². The van der Waals surface area contributed by atoms with Crippen LogP contribution < -0.4 is 5.73 Å². The predicted octanol–water partition coefficient (Wildman–Crippen LogP) is -0.976. The lowest BCUT2D eigenvalue weighted by atomic mass is 10.1. The minimum Gasteiger partial charge on any atom is -0.319 e. The molecule has 1 aliphatic heterocycles. The van der Waals surface area contributed by atoms with E-state index in [1.54, 1.807) is 0 Å². The van der Waals surface area contributed by atoms with Crippen molar-refractivity contribution in [1.82, 2.24) is 4.90 Å². The number of hydrogen-bond donors (Lipinski definition) is 2. The van der Waals surface area contributed by atoms with Gasteiger partial charge in [-0.1, -0.05) is 12.1 Å². The second kappa shape index (κ2) is 4.78. The molecular formula is C11H10N2O6S. The summed E-state index contributed by atoms with van der Waals surface area (Å²) in [4.78, 5) is 36.1. The number of rotatable bonds is 3. The molecule has 3 amide bonds. The van der Waals surface area contributed by atoms with E-state index in [9.17, 15) is 22.8 Å². The smallest absolute Gasteiger partial charge is 0.268 e. The first-order chi connectivity index (χ1) is 9.22. The molecule has 0 aromatic heterocycles. The van der Waals surface area contributed by atoms with Crippen LogP contribution in [0.2, 0.25) is 0 Å². The van der Waals surface area contributed by atoms with Gasteiger partial charge in [0.05, 0.1) is 16.9 Å². The molecule has 1 aromatic rings. The van der Waals surface area contributed by atoms with Gasteiger partial charge < -0.3 is 5.73 Å². The number of hydrogen-bond acceptors (Lipinski definition) is 6. The summed E-state index contributed by atoms with van der Waals surface area (Å²) >= 11 is 0. The quantitative estimate of drug-likeness (QED) is 0.541. The number of imide groups is 3. The summed E-state index contributed by atoms with van der Waals surface area (Å²) in [7, 11) is -4.50. The highest BCUT2D eigenvalue weighted by molar-refractivity contribution is 7.85. The van der Waals surface area contributed by atoms with Crippen LogP contribution >= 0.6 is 0 Å². The summed E-state index contributed by atoms with van der Waals surface area (Å²) in [6.07, 6.45) is 0. The SMILES string of the molecule is NC(CS(=O)(=O)O)C(=O)N1C(=O)c2ccccc2C1=O. The largest absolute Gasteiger partial charge is 0.319 e. The number of carbonyl (C=O) groups excluding carboxylic acids is 3. The topological polar surface area (TPSA) is 135 Å². The Morgan fingerprint density at radius 2 is 1.65 bits per heavy atom. The van der Waals surface area contributed by atoms with Crippen molar-refractivity contribution in [3.8, 4) is 0 Å². The summed E-state index contributed by atoms with van der Waals surface area (Å²) in [5, 5.41) is 0. The molecule has 0 saturated carbocycles. The van der Waals surface area contributed by atoms with Gasteiger partial charge in [-0.25, -0.2) is 4.90 Å². The van der Waals surface area contributed by atoms with E-state index in [2.05, 4.69) is 0 Å². The van der Waals surface area contributed by atoms with Gasteiger partial charge in [-0.3, -0.25) is 18.9 Å². The molecule has 1 atom stereocenters. The minimum atomic E-state index is -4.50. The van der Waals surface area contributed by atoms with Crippen LogP contribution in [0.3, 0.4) is 0 Å². The second-order valence-corrected chi connectivity index (χ2v) is 5.68. The standard InChI is InChI=1S/C11H10N2O6S/c12-8(5-20(17,18)19)11(16)13-9(14)6-3-1-2-4-7(6)10(13)15/h1-4,8H,5,12H2,(H,17,18,19). The third-order valence-electron chi connectivity index (χ3n) is 2.72. The van der Waals surface area contributed by atoms with Crippen LogP contribution in [0.25, 0.3) is 0 Å². The fourth-order valence-corrected chi connectivity index (χ4v) is 2.45. The first-order valence-corrected chi connectivity index (χ1v) is 7.05. The number of nitrogens with zero attached hydrogens (tertiary/aromatic N) is 1. The Morgan fingerprint density at radius 1 is 1.20 bits per heavy atom. The van der Waals surface area contributed by atoms with Crippen LogP contribution in [0, 0.1) is 0 Å². The maximum atomic E-state index is 11.9. The van der Waals surface area contributed by atoms with E-state index in [1.165, 1.54) is 24.3 Å². The van der Waals surface area contributed by atoms with Gasteiger partial charge in [0.1, 0.15) is 6.04 Å². The summed E-state index contributed by atoms with van der Waals surface area (Å²) in [6.45, 7) is 0. The Labute approximate surface area is 113 Å². The third kappa shape index (κ3) is 2.46. The van der Waals surface area contributed by atoms with Crippen LogP contribution in [0.15, 0.2) is 24.3 Å².